The van der Waals surface area contributed by atoms with Crippen LogP contribution >= 0.6 is 7.82 Å². The van der Waals surface area contributed by atoms with E-state index in [1.54, 1.807) is 0 Å². The van der Waals surface area contributed by atoms with E-state index in [2.05, 4.69) is 6.58 Å². The Morgan fingerprint density at radius 2 is 1.50 bits per heavy atom. The Morgan fingerprint density at radius 1 is 1.14 bits per heavy atom. The van der Waals surface area contributed by atoms with Gasteiger partial charge in [0.2, 0.25) is 0 Å². The van der Waals surface area contributed by atoms with Crippen LogP contribution in [0.25, 0.3) is 6.08 Å². The van der Waals surface area contributed by atoms with Gasteiger partial charge in [0.05, 0.1) is 0 Å². The van der Waals surface area contributed by atoms with Gasteiger partial charge in [0, 0.05) is 17.1 Å². The molecular weight excluding hydrogens is 247 g/mol. The third-order valence-electron chi connectivity index (χ3n) is 1.04. The van der Waals surface area contributed by atoms with Crippen molar-refractivity contribution in [2.24, 2.45) is 0 Å². The van der Waals surface area contributed by atoms with E-state index in [4.69, 9.17) is 19.2 Å². The van der Waals surface area contributed by atoms with Crippen molar-refractivity contribution in [2.75, 3.05) is 0 Å². The zero-order chi connectivity index (χ0) is 10.3. The van der Waals surface area contributed by atoms with Crippen molar-refractivity contribution in [1.82, 2.24) is 0 Å². The molecule has 0 fully saturated rings. The van der Waals surface area contributed by atoms with Gasteiger partial charge in [-0.2, -0.15) is 0 Å². The fourth-order valence-electron chi connectivity index (χ4n) is 0.589. The normalized spacial score (nSPS) is 9.07. The molecule has 0 aliphatic carbocycles. The van der Waals surface area contributed by atoms with Gasteiger partial charge in [0.25, 0.3) is 0 Å². The quantitative estimate of drug-likeness (QED) is 0.525. The minimum Gasteiger partial charge on any atom is -0.303 e. The van der Waals surface area contributed by atoms with E-state index in [0.717, 1.165) is 0 Å². The summed E-state index contributed by atoms with van der Waals surface area (Å²) in [6.45, 7) is 3.63. The molecule has 0 saturated heterocycles. The largest absolute Gasteiger partial charge is 0.466 e. The third kappa shape index (κ3) is 14.1. The zero-order valence-corrected chi connectivity index (χ0v) is 9.22. The summed E-state index contributed by atoms with van der Waals surface area (Å²) in [7, 11) is -4.64. The molecule has 0 radical (unpaired) electrons. The van der Waals surface area contributed by atoms with E-state index in [0.29, 0.717) is 0 Å². The number of hydrogen-bond donors (Lipinski definition) is 3. The molecule has 0 amide bonds. The Bertz CT molecular complexity index is 287. The summed E-state index contributed by atoms with van der Waals surface area (Å²) < 4.78 is 8.88. The first-order chi connectivity index (χ1) is 5.93. The average Bonchev–Trinajstić information content (AvgIpc) is 2.03. The Balaban J connectivity index is 0. The molecule has 0 heterocycles. The number of hydrogen-bond acceptors (Lipinski definition) is 1. The second-order valence-corrected chi connectivity index (χ2v) is 3.15. The molecule has 3 N–H and O–H groups in total. The first kappa shape index (κ1) is 16.0. The molecule has 0 aliphatic heterocycles. The Hall–Kier alpha value is -0.411. The summed E-state index contributed by atoms with van der Waals surface area (Å²) in [5.41, 5.74) is 1.17. The molecule has 1 aromatic carbocycles. The van der Waals surface area contributed by atoms with Crippen LogP contribution in [0.4, 0.5) is 0 Å². The van der Waals surface area contributed by atoms with Gasteiger partial charge in [-0.15, -0.1) is 0 Å². The average molecular weight is 258 g/mol. The summed E-state index contributed by atoms with van der Waals surface area (Å²) in [5, 5.41) is 0. The van der Waals surface area contributed by atoms with Crippen LogP contribution in [0.15, 0.2) is 36.9 Å². The van der Waals surface area contributed by atoms with Crippen molar-refractivity contribution in [2.45, 2.75) is 0 Å². The van der Waals surface area contributed by atoms with Gasteiger partial charge in [-0.3, -0.25) is 0 Å². The van der Waals surface area contributed by atoms with E-state index in [-0.39, 0.29) is 17.1 Å². The number of phosphoric acid groups is 1. The molecule has 80 valence electrons. The molecule has 6 heteroatoms. The maximum Gasteiger partial charge on any atom is 0.466 e. The molecular formula is C8H11FeO4P. The number of rotatable bonds is 1. The van der Waals surface area contributed by atoms with Crippen LogP contribution in [-0.4, -0.2) is 14.7 Å². The molecule has 14 heavy (non-hydrogen) atoms. The molecule has 4 nitrogen and oxygen atoms in total. The maximum absolute atomic E-state index is 8.88. The summed E-state index contributed by atoms with van der Waals surface area (Å²) in [6.07, 6.45) is 1.83. The predicted molar refractivity (Wildman–Crippen MR) is 50.8 cm³/mol. The van der Waals surface area contributed by atoms with Crippen LogP contribution in [0, 0.1) is 0 Å². The summed E-state index contributed by atoms with van der Waals surface area (Å²) >= 11 is 0. The van der Waals surface area contributed by atoms with Gasteiger partial charge in [-0.25, -0.2) is 4.57 Å². The molecule has 1 rings (SSSR count). The molecule has 0 atom stereocenters. The van der Waals surface area contributed by atoms with Crippen molar-refractivity contribution < 1.29 is 36.3 Å². The third-order valence-corrected chi connectivity index (χ3v) is 1.04. The van der Waals surface area contributed by atoms with Crippen molar-refractivity contribution in [1.29, 1.82) is 0 Å². The molecule has 0 spiro atoms. The van der Waals surface area contributed by atoms with Crippen molar-refractivity contribution in [3.63, 3.8) is 0 Å². The standard InChI is InChI=1S/C8H8.Fe.H3O4P/c1-2-8-6-4-3-5-7-8;;1-5(2,3)4/h2-7H,1H2;;(H3,1,2,3,4). The minimum absolute atomic E-state index is 0. The molecule has 0 aromatic heterocycles. The van der Waals surface area contributed by atoms with Gasteiger partial charge in [0.1, 0.15) is 0 Å². The summed E-state index contributed by atoms with van der Waals surface area (Å²) in [4.78, 5) is 21.6. The first-order valence-electron chi connectivity index (χ1n) is 3.39. The van der Waals surface area contributed by atoms with Crippen LogP contribution in [0.5, 0.6) is 0 Å². The van der Waals surface area contributed by atoms with Crippen molar-refractivity contribution in [3.05, 3.63) is 42.5 Å². The van der Waals surface area contributed by atoms with E-state index < -0.39 is 7.82 Å². The molecule has 0 unspecified atom stereocenters. The Labute approximate surface area is 93.0 Å². The monoisotopic (exact) mass is 258 g/mol. The van der Waals surface area contributed by atoms with Crippen molar-refractivity contribution in [3.8, 4) is 0 Å². The Morgan fingerprint density at radius 3 is 1.71 bits per heavy atom. The van der Waals surface area contributed by atoms with E-state index >= 15 is 0 Å². The van der Waals surface area contributed by atoms with Crippen LogP contribution in [0.2, 0.25) is 0 Å². The summed E-state index contributed by atoms with van der Waals surface area (Å²) in [6, 6.07) is 10.0. The summed E-state index contributed by atoms with van der Waals surface area (Å²) in [5.74, 6) is 0. The second-order valence-electron chi connectivity index (χ2n) is 2.13. The van der Waals surface area contributed by atoms with E-state index in [1.807, 2.05) is 36.4 Å². The zero-order valence-electron chi connectivity index (χ0n) is 7.22. The molecule has 0 bridgehead atoms. The second kappa shape index (κ2) is 7.94. The van der Waals surface area contributed by atoms with E-state index in [9.17, 15) is 0 Å². The van der Waals surface area contributed by atoms with Gasteiger partial charge in [-0.05, 0) is 5.56 Å². The van der Waals surface area contributed by atoms with Gasteiger partial charge >= 0.3 is 7.82 Å². The van der Waals surface area contributed by atoms with Crippen molar-refractivity contribution >= 4 is 13.9 Å². The molecule has 0 aliphatic rings. The van der Waals surface area contributed by atoms with Gasteiger partial charge in [0.15, 0.2) is 0 Å². The molecule has 0 saturated carbocycles. The topological polar surface area (TPSA) is 77.8 Å². The van der Waals surface area contributed by atoms with Gasteiger partial charge < -0.3 is 14.7 Å². The number of benzene rings is 1. The van der Waals surface area contributed by atoms with Gasteiger partial charge in [-0.1, -0.05) is 43.0 Å². The van der Waals surface area contributed by atoms with Crippen LogP contribution < -0.4 is 0 Å². The fraction of sp³-hybridized carbons (Fsp3) is 0. The molecule has 1 aromatic rings. The minimum atomic E-state index is -4.64. The maximum atomic E-state index is 8.88. The smallest absolute Gasteiger partial charge is 0.303 e. The SMILES string of the molecule is C=Cc1ccccc1.O=P(O)(O)O.[Fe]. The van der Waals surface area contributed by atoms with Crippen LogP contribution in [-0.2, 0) is 21.6 Å². The first-order valence-corrected chi connectivity index (χ1v) is 4.96. The fourth-order valence-corrected chi connectivity index (χ4v) is 0.589. The van der Waals surface area contributed by atoms with Crippen LogP contribution in [0.3, 0.4) is 0 Å². The van der Waals surface area contributed by atoms with Crippen LogP contribution in [0.1, 0.15) is 5.56 Å². The Kier molecular flexibility index (Phi) is 9.10. The predicted octanol–water partition coefficient (Wildman–Crippen LogP) is 1.40. The van der Waals surface area contributed by atoms with E-state index in [1.165, 1.54) is 5.56 Å².